The number of amides is 1. The maximum Gasteiger partial charge on any atom is 0.349 e. The second-order valence-electron chi connectivity index (χ2n) is 6.48. The van der Waals surface area contributed by atoms with Gasteiger partial charge in [-0.2, -0.15) is 5.26 Å². The maximum atomic E-state index is 12.4. The van der Waals surface area contributed by atoms with Crippen LogP contribution in [0.5, 0.6) is 5.75 Å². The number of rotatable bonds is 7. The summed E-state index contributed by atoms with van der Waals surface area (Å²) in [6.45, 7) is 7.66. The molecule has 0 aliphatic carbocycles. The number of esters is 1. The summed E-state index contributed by atoms with van der Waals surface area (Å²) < 4.78 is 10.5. The fourth-order valence-corrected chi connectivity index (χ4v) is 2.64. The van der Waals surface area contributed by atoms with Gasteiger partial charge in [-0.25, -0.2) is 4.79 Å². The first-order valence-corrected chi connectivity index (χ1v) is 9.28. The first-order valence-electron chi connectivity index (χ1n) is 9.28. The highest BCUT2D eigenvalue weighted by atomic mass is 16.5. The van der Waals surface area contributed by atoms with Crippen molar-refractivity contribution in [3.63, 3.8) is 0 Å². The highest BCUT2D eigenvalue weighted by Crippen LogP contribution is 2.20. The van der Waals surface area contributed by atoms with Crippen LogP contribution in [0.4, 0.5) is 5.69 Å². The standard InChI is InChI=1S/C23H24N2O4/c1-5-28-20-11-9-18(10-12-20)13-19(14-24)23(27)29-17(4)22(26)25-21-15(2)7-6-8-16(21)3/h6-13,17H,5H2,1-4H3,(H,25,26)/b19-13+/t17-/m0/s1. The molecule has 29 heavy (non-hydrogen) atoms. The fourth-order valence-electron chi connectivity index (χ4n) is 2.64. The molecule has 2 aromatic carbocycles. The molecule has 0 unspecified atom stereocenters. The molecule has 1 amide bonds. The number of hydrogen-bond donors (Lipinski definition) is 1. The lowest BCUT2D eigenvalue weighted by Crippen LogP contribution is -2.30. The minimum Gasteiger partial charge on any atom is -0.494 e. The lowest BCUT2D eigenvalue weighted by atomic mass is 10.1. The number of hydrogen-bond acceptors (Lipinski definition) is 5. The van der Waals surface area contributed by atoms with Gasteiger partial charge in [0.2, 0.25) is 0 Å². The second kappa shape index (κ2) is 10.1. The zero-order valence-corrected chi connectivity index (χ0v) is 17.0. The molecule has 0 fully saturated rings. The van der Waals surface area contributed by atoms with Crippen LogP contribution in [0.1, 0.15) is 30.5 Å². The topological polar surface area (TPSA) is 88.4 Å². The van der Waals surface area contributed by atoms with Crippen molar-refractivity contribution in [2.45, 2.75) is 33.8 Å². The van der Waals surface area contributed by atoms with Gasteiger partial charge in [0.15, 0.2) is 6.10 Å². The molecule has 0 radical (unpaired) electrons. The summed E-state index contributed by atoms with van der Waals surface area (Å²) in [4.78, 5) is 24.7. The van der Waals surface area contributed by atoms with Gasteiger partial charge in [-0.15, -0.1) is 0 Å². The monoisotopic (exact) mass is 392 g/mol. The van der Waals surface area contributed by atoms with E-state index in [9.17, 15) is 14.9 Å². The van der Waals surface area contributed by atoms with Crippen molar-refractivity contribution >= 4 is 23.6 Å². The lowest BCUT2D eigenvalue weighted by Gasteiger charge is -2.16. The van der Waals surface area contributed by atoms with E-state index in [-0.39, 0.29) is 5.57 Å². The largest absolute Gasteiger partial charge is 0.494 e. The third-order valence-electron chi connectivity index (χ3n) is 4.22. The molecule has 0 saturated carbocycles. The fraction of sp³-hybridized carbons (Fsp3) is 0.261. The number of aryl methyl sites for hydroxylation is 2. The van der Waals surface area contributed by atoms with Gasteiger partial charge in [0.25, 0.3) is 5.91 Å². The molecule has 0 spiro atoms. The summed E-state index contributed by atoms with van der Waals surface area (Å²) in [7, 11) is 0. The number of nitriles is 1. The van der Waals surface area contributed by atoms with E-state index in [1.54, 1.807) is 24.3 Å². The van der Waals surface area contributed by atoms with E-state index >= 15 is 0 Å². The lowest BCUT2D eigenvalue weighted by molar-refractivity contribution is -0.148. The van der Waals surface area contributed by atoms with E-state index in [2.05, 4.69) is 5.32 Å². The third-order valence-corrected chi connectivity index (χ3v) is 4.22. The van der Waals surface area contributed by atoms with Crippen molar-refractivity contribution in [2.24, 2.45) is 0 Å². The zero-order valence-electron chi connectivity index (χ0n) is 17.0. The Morgan fingerprint density at radius 1 is 1.14 bits per heavy atom. The number of para-hydroxylation sites is 1. The first-order chi connectivity index (χ1) is 13.8. The van der Waals surface area contributed by atoms with Crippen LogP contribution in [-0.2, 0) is 14.3 Å². The Morgan fingerprint density at radius 3 is 2.31 bits per heavy atom. The average molecular weight is 392 g/mol. The minimum absolute atomic E-state index is 0.194. The van der Waals surface area contributed by atoms with Crippen LogP contribution < -0.4 is 10.1 Å². The second-order valence-corrected chi connectivity index (χ2v) is 6.48. The van der Waals surface area contributed by atoms with Crippen LogP contribution >= 0.6 is 0 Å². The van der Waals surface area contributed by atoms with Gasteiger partial charge in [0, 0.05) is 5.69 Å². The Morgan fingerprint density at radius 2 is 1.76 bits per heavy atom. The summed E-state index contributed by atoms with van der Waals surface area (Å²) in [6, 6.07) is 14.4. The predicted octanol–water partition coefficient (Wildman–Crippen LogP) is 4.18. The van der Waals surface area contributed by atoms with Gasteiger partial charge < -0.3 is 14.8 Å². The number of ether oxygens (including phenoxy) is 2. The molecule has 1 atom stereocenters. The molecule has 0 aliphatic rings. The van der Waals surface area contributed by atoms with E-state index in [0.29, 0.717) is 23.6 Å². The van der Waals surface area contributed by atoms with E-state index in [0.717, 1.165) is 11.1 Å². The van der Waals surface area contributed by atoms with Crippen LogP contribution in [0.3, 0.4) is 0 Å². The number of carbonyl (C=O) groups is 2. The zero-order chi connectivity index (χ0) is 21.4. The molecule has 6 heteroatoms. The SMILES string of the molecule is CCOc1ccc(/C=C(\C#N)C(=O)O[C@@H](C)C(=O)Nc2c(C)cccc2C)cc1. The summed E-state index contributed by atoms with van der Waals surface area (Å²) in [5.41, 5.74) is 2.95. The van der Waals surface area contributed by atoms with Gasteiger partial charge >= 0.3 is 5.97 Å². The van der Waals surface area contributed by atoms with Crippen molar-refractivity contribution in [3.05, 3.63) is 64.7 Å². The Labute approximate surface area is 170 Å². The number of carbonyl (C=O) groups excluding carboxylic acids is 2. The van der Waals surface area contributed by atoms with Crippen molar-refractivity contribution in [3.8, 4) is 11.8 Å². The van der Waals surface area contributed by atoms with E-state index in [4.69, 9.17) is 9.47 Å². The Bertz CT molecular complexity index is 936. The van der Waals surface area contributed by atoms with Gasteiger partial charge in [0.05, 0.1) is 6.61 Å². The molecule has 0 saturated heterocycles. The van der Waals surface area contributed by atoms with E-state index in [1.165, 1.54) is 13.0 Å². The van der Waals surface area contributed by atoms with Crippen LogP contribution in [0.2, 0.25) is 0 Å². The molecule has 0 bridgehead atoms. The molecule has 1 N–H and O–H groups in total. The molecule has 0 aliphatic heterocycles. The summed E-state index contributed by atoms with van der Waals surface area (Å²) in [5, 5.41) is 12.1. The van der Waals surface area contributed by atoms with Crippen molar-refractivity contribution in [1.82, 2.24) is 0 Å². The molecular formula is C23H24N2O4. The summed E-state index contributed by atoms with van der Waals surface area (Å²) in [5.74, 6) is -0.623. The predicted molar refractivity (Wildman–Crippen MR) is 111 cm³/mol. The number of benzene rings is 2. The van der Waals surface area contributed by atoms with Crippen LogP contribution in [0.25, 0.3) is 6.08 Å². The number of nitrogens with one attached hydrogen (secondary N) is 1. The number of anilines is 1. The molecule has 0 heterocycles. The van der Waals surface area contributed by atoms with Gasteiger partial charge in [-0.3, -0.25) is 4.79 Å². The molecular weight excluding hydrogens is 368 g/mol. The maximum absolute atomic E-state index is 12.4. The van der Waals surface area contributed by atoms with E-state index in [1.807, 2.05) is 45.0 Å². The average Bonchev–Trinajstić information content (AvgIpc) is 2.70. The highest BCUT2D eigenvalue weighted by molar-refractivity contribution is 6.01. The third kappa shape index (κ3) is 5.94. The van der Waals surface area contributed by atoms with E-state index < -0.39 is 18.0 Å². The Hall–Kier alpha value is -3.59. The molecule has 0 aromatic heterocycles. The normalized spacial score (nSPS) is 11.9. The van der Waals surface area contributed by atoms with Gasteiger partial charge in [0.1, 0.15) is 17.4 Å². The van der Waals surface area contributed by atoms with Gasteiger partial charge in [-0.1, -0.05) is 30.3 Å². The molecule has 6 nitrogen and oxygen atoms in total. The van der Waals surface area contributed by atoms with Crippen LogP contribution in [-0.4, -0.2) is 24.6 Å². The minimum atomic E-state index is -1.06. The number of nitrogens with zero attached hydrogens (tertiary/aromatic N) is 1. The quantitative estimate of drug-likeness (QED) is 0.434. The van der Waals surface area contributed by atoms with Crippen molar-refractivity contribution in [2.75, 3.05) is 11.9 Å². The summed E-state index contributed by atoms with van der Waals surface area (Å²) in [6.07, 6.45) is 0.354. The summed E-state index contributed by atoms with van der Waals surface area (Å²) >= 11 is 0. The Balaban J connectivity index is 2.06. The van der Waals surface area contributed by atoms with Crippen LogP contribution in [0.15, 0.2) is 48.0 Å². The Kier molecular flexibility index (Phi) is 7.55. The first kappa shape index (κ1) is 21.7. The smallest absolute Gasteiger partial charge is 0.349 e. The van der Waals surface area contributed by atoms with Crippen LogP contribution in [0, 0.1) is 25.2 Å². The molecule has 150 valence electrons. The van der Waals surface area contributed by atoms with Crippen molar-refractivity contribution in [1.29, 1.82) is 5.26 Å². The highest BCUT2D eigenvalue weighted by Gasteiger charge is 2.21. The van der Waals surface area contributed by atoms with Gasteiger partial charge in [-0.05, 0) is 62.6 Å². The van der Waals surface area contributed by atoms with Crippen molar-refractivity contribution < 1.29 is 19.1 Å². The molecule has 2 aromatic rings. The molecule has 2 rings (SSSR count).